The molecule has 1 fully saturated rings. The molecule has 4 nitrogen and oxygen atoms in total. The molecule has 0 radical (unpaired) electrons. The number of aromatic nitrogens is 1. The minimum absolute atomic E-state index is 0.100. The standard InChI is InChI=1S/C20H21ClN2O2/c21-18-12-17(23-20(24)11-15-5-2-1-3-6-15)8-9-19(18)25-14-16-7-4-10-22-13-16/h4,7-13H,1-3,5-6,14H2,(H,23,24). The number of halogens is 1. The molecule has 130 valence electrons. The first-order valence-electron chi connectivity index (χ1n) is 8.52. The third-order valence-corrected chi connectivity index (χ3v) is 4.44. The van der Waals surface area contributed by atoms with Crippen LogP contribution in [-0.2, 0) is 11.4 Å². The molecule has 1 aliphatic rings. The molecular weight excluding hydrogens is 336 g/mol. The summed E-state index contributed by atoms with van der Waals surface area (Å²) in [5, 5.41) is 3.33. The van der Waals surface area contributed by atoms with Crippen molar-refractivity contribution in [2.75, 3.05) is 5.32 Å². The Morgan fingerprint density at radius 1 is 1.24 bits per heavy atom. The zero-order chi connectivity index (χ0) is 17.5. The summed E-state index contributed by atoms with van der Waals surface area (Å²) in [4.78, 5) is 16.2. The molecule has 25 heavy (non-hydrogen) atoms. The molecule has 0 saturated heterocycles. The van der Waals surface area contributed by atoms with Crippen LogP contribution in [0.4, 0.5) is 5.69 Å². The minimum Gasteiger partial charge on any atom is -0.487 e. The highest BCUT2D eigenvalue weighted by molar-refractivity contribution is 6.32. The number of benzene rings is 1. The van der Waals surface area contributed by atoms with Crippen LogP contribution in [0.3, 0.4) is 0 Å². The van der Waals surface area contributed by atoms with E-state index in [2.05, 4.69) is 10.3 Å². The van der Waals surface area contributed by atoms with Gasteiger partial charge in [0.15, 0.2) is 0 Å². The van der Waals surface area contributed by atoms with Crippen LogP contribution >= 0.6 is 11.6 Å². The molecule has 1 amide bonds. The number of carbonyl (C=O) groups is 1. The second-order valence-electron chi connectivity index (χ2n) is 6.15. The van der Waals surface area contributed by atoms with Crippen LogP contribution in [0.15, 0.2) is 54.4 Å². The normalized spacial score (nSPS) is 14.0. The number of nitrogens with one attached hydrogen (secondary N) is 1. The first-order chi connectivity index (χ1) is 12.2. The Kier molecular flexibility index (Phi) is 6.07. The molecule has 0 aliphatic heterocycles. The van der Waals surface area contributed by atoms with Gasteiger partial charge >= 0.3 is 0 Å². The van der Waals surface area contributed by atoms with E-state index in [1.807, 2.05) is 12.1 Å². The molecule has 0 atom stereocenters. The van der Waals surface area contributed by atoms with Gasteiger partial charge < -0.3 is 10.1 Å². The van der Waals surface area contributed by atoms with Crippen molar-refractivity contribution in [1.29, 1.82) is 0 Å². The summed E-state index contributed by atoms with van der Waals surface area (Å²) in [5.41, 5.74) is 2.86. The molecule has 2 aromatic rings. The fourth-order valence-electron chi connectivity index (χ4n) is 2.85. The van der Waals surface area contributed by atoms with Crippen molar-refractivity contribution in [3.05, 3.63) is 65.0 Å². The lowest BCUT2D eigenvalue weighted by atomic mass is 9.94. The van der Waals surface area contributed by atoms with E-state index in [1.165, 1.54) is 24.8 Å². The quantitative estimate of drug-likeness (QED) is 0.754. The molecule has 1 N–H and O–H groups in total. The van der Waals surface area contributed by atoms with E-state index >= 15 is 0 Å². The fourth-order valence-corrected chi connectivity index (χ4v) is 3.09. The summed E-state index contributed by atoms with van der Waals surface area (Å²) in [7, 11) is 0. The maximum atomic E-state index is 12.1. The van der Waals surface area contributed by atoms with E-state index in [4.69, 9.17) is 16.3 Å². The van der Waals surface area contributed by atoms with Gasteiger partial charge in [0.1, 0.15) is 12.4 Å². The van der Waals surface area contributed by atoms with Gasteiger partial charge in [0.2, 0.25) is 5.91 Å². The molecule has 0 spiro atoms. The van der Waals surface area contributed by atoms with Gasteiger partial charge in [-0.3, -0.25) is 9.78 Å². The van der Waals surface area contributed by atoms with Crippen molar-refractivity contribution in [1.82, 2.24) is 4.98 Å². The van der Waals surface area contributed by atoms with Gasteiger partial charge in [0.05, 0.1) is 5.02 Å². The highest BCUT2D eigenvalue weighted by Crippen LogP contribution is 2.28. The van der Waals surface area contributed by atoms with Gasteiger partial charge in [0.25, 0.3) is 0 Å². The van der Waals surface area contributed by atoms with E-state index in [-0.39, 0.29) is 5.91 Å². The second-order valence-corrected chi connectivity index (χ2v) is 6.55. The lowest BCUT2D eigenvalue weighted by molar-refractivity contribution is -0.112. The molecule has 1 heterocycles. The largest absolute Gasteiger partial charge is 0.487 e. The highest BCUT2D eigenvalue weighted by atomic mass is 35.5. The summed E-state index contributed by atoms with van der Waals surface area (Å²) >= 11 is 6.26. The molecule has 1 saturated carbocycles. The summed E-state index contributed by atoms with van der Waals surface area (Å²) in [6.45, 7) is 0.394. The van der Waals surface area contributed by atoms with Crippen molar-refractivity contribution in [2.24, 2.45) is 0 Å². The van der Waals surface area contributed by atoms with E-state index in [0.29, 0.717) is 23.1 Å². The number of allylic oxidation sites excluding steroid dienone is 1. The predicted octanol–water partition coefficient (Wildman–Crippen LogP) is 5.14. The Hall–Kier alpha value is -2.33. The summed E-state index contributed by atoms with van der Waals surface area (Å²) < 4.78 is 5.71. The molecule has 1 aromatic heterocycles. The van der Waals surface area contributed by atoms with Gasteiger partial charge in [0, 0.05) is 29.7 Å². The maximum Gasteiger partial charge on any atom is 0.248 e. The number of hydrogen-bond donors (Lipinski definition) is 1. The lowest BCUT2D eigenvalue weighted by Crippen LogP contribution is -2.10. The zero-order valence-corrected chi connectivity index (χ0v) is 14.8. The Labute approximate surface area is 152 Å². The van der Waals surface area contributed by atoms with Crippen molar-refractivity contribution in [3.8, 4) is 5.75 Å². The molecule has 0 unspecified atom stereocenters. The van der Waals surface area contributed by atoms with Crippen molar-refractivity contribution < 1.29 is 9.53 Å². The first-order valence-corrected chi connectivity index (χ1v) is 8.90. The van der Waals surface area contributed by atoms with Crippen LogP contribution in [0.25, 0.3) is 0 Å². The van der Waals surface area contributed by atoms with Crippen LogP contribution < -0.4 is 10.1 Å². The van der Waals surface area contributed by atoms with E-state index < -0.39 is 0 Å². The van der Waals surface area contributed by atoms with Crippen molar-refractivity contribution in [3.63, 3.8) is 0 Å². The number of amides is 1. The number of carbonyl (C=O) groups excluding carboxylic acids is 1. The molecule has 5 heteroatoms. The monoisotopic (exact) mass is 356 g/mol. The minimum atomic E-state index is -0.100. The topological polar surface area (TPSA) is 51.2 Å². The van der Waals surface area contributed by atoms with E-state index in [0.717, 1.165) is 18.4 Å². The zero-order valence-electron chi connectivity index (χ0n) is 14.0. The van der Waals surface area contributed by atoms with Gasteiger partial charge in [-0.25, -0.2) is 0 Å². The van der Waals surface area contributed by atoms with Gasteiger partial charge in [-0.15, -0.1) is 0 Å². The number of anilines is 1. The molecule has 1 aliphatic carbocycles. The average Bonchev–Trinajstić information content (AvgIpc) is 2.63. The number of ether oxygens (including phenoxy) is 1. The molecular formula is C20H21ClN2O2. The Bertz CT molecular complexity index is 752. The van der Waals surface area contributed by atoms with Crippen molar-refractivity contribution >= 4 is 23.2 Å². The number of hydrogen-bond acceptors (Lipinski definition) is 3. The number of nitrogens with zero attached hydrogens (tertiary/aromatic N) is 1. The first kappa shape index (κ1) is 17.5. The fraction of sp³-hybridized carbons (Fsp3) is 0.300. The summed E-state index contributed by atoms with van der Waals surface area (Å²) in [6, 6.07) is 9.06. The van der Waals surface area contributed by atoms with E-state index in [1.54, 1.807) is 36.7 Å². The SMILES string of the molecule is O=C(C=C1CCCCC1)Nc1ccc(OCc2cccnc2)c(Cl)c1. The third-order valence-electron chi connectivity index (χ3n) is 4.15. The van der Waals surface area contributed by atoms with Gasteiger partial charge in [-0.2, -0.15) is 0 Å². The highest BCUT2D eigenvalue weighted by Gasteiger charge is 2.09. The number of rotatable bonds is 5. The Morgan fingerprint density at radius 2 is 2.08 bits per heavy atom. The van der Waals surface area contributed by atoms with Crippen LogP contribution in [0.5, 0.6) is 5.75 Å². The predicted molar refractivity (Wildman–Crippen MR) is 99.8 cm³/mol. The van der Waals surface area contributed by atoms with Crippen LogP contribution in [-0.4, -0.2) is 10.9 Å². The Balaban J connectivity index is 1.58. The molecule has 0 bridgehead atoms. The number of pyridine rings is 1. The van der Waals surface area contributed by atoms with Crippen LogP contribution in [0.1, 0.15) is 37.7 Å². The summed E-state index contributed by atoms with van der Waals surface area (Å²) in [6.07, 6.45) is 10.8. The maximum absolute atomic E-state index is 12.1. The molecule has 1 aromatic carbocycles. The smallest absolute Gasteiger partial charge is 0.248 e. The van der Waals surface area contributed by atoms with Gasteiger partial charge in [-0.05, 0) is 49.9 Å². The van der Waals surface area contributed by atoms with Gasteiger partial charge in [-0.1, -0.05) is 29.7 Å². The van der Waals surface area contributed by atoms with E-state index in [9.17, 15) is 4.79 Å². The van der Waals surface area contributed by atoms with Crippen LogP contribution in [0.2, 0.25) is 5.02 Å². The Morgan fingerprint density at radius 3 is 2.80 bits per heavy atom. The third kappa shape index (κ3) is 5.33. The molecule has 3 rings (SSSR count). The van der Waals surface area contributed by atoms with Crippen molar-refractivity contribution in [2.45, 2.75) is 38.7 Å². The lowest BCUT2D eigenvalue weighted by Gasteiger charge is -2.13. The second kappa shape index (κ2) is 8.67. The summed E-state index contributed by atoms with van der Waals surface area (Å²) in [5.74, 6) is 0.478. The average molecular weight is 357 g/mol. The van der Waals surface area contributed by atoms with Crippen LogP contribution in [0, 0.1) is 0 Å².